The molecule has 118 valence electrons. The first-order chi connectivity index (χ1) is 10.4. The number of nitrogens with zero attached hydrogens (tertiary/aromatic N) is 3. The SMILES string of the molecule is CC(C)=CCN1C(=O)C(C)N(CC=C(C)C)c2ccncc21. The predicted molar refractivity (Wildman–Crippen MR) is 92.3 cm³/mol. The Balaban J connectivity index is 2.41. The van der Waals surface area contributed by atoms with Crippen LogP contribution in [-0.4, -0.2) is 30.0 Å². The number of pyridine rings is 1. The second-order valence-electron chi connectivity index (χ2n) is 6.20. The lowest BCUT2D eigenvalue weighted by Crippen LogP contribution is -2.52. The molecule has 0 spiro atoms. The van der Waals surface area contributed by atoms with Gasteiger partial charge >= 0.3 is 0 Å². The Morgan fingerprint density at radius 3 is 2.41 bits per heavy atom. The van der Waals surface area contributed by atoms with Crippen molar-refractivity contribution in [2.75, 3.05) is 22.9 Å². The maximum Gasteiger partial charge on any atom is 0.249 e. The quantitative estimate of drug-likeness (QED) is 0.798. The van der Waals surface area contributed by atoms with Crippen LogP contribution in [0.25, 0.3) is 0 Å². The van der Waals surface area contributed by atoms with Crippen LogP contribution < -0.4 is 9.80 Å². The smallest absolute Gasteiger partial charge is 0.249 e. The van der Waals surface area contributed by atoms with Crippen LogP contribution in [0, 0.1) is 0 Å². The van der Waals surface area contributed by atoms with Crippen LogP contribution in [0.2, 0.25) is 0 Å². The first-order valence-electron chi connectivity index (χ1n) is 7.70. The van der Waals surface area contributed by atoms with E-state index in [9.17, 15) is 4.79 Å². The van der Waals surface area contributed by atoms with Crippen LogP contribution in [0.15, 0.2) is 41.8 Å². The summed E-state index contributed by atoms with van der Waals surface area (Å²) in [5, 5.41) is 0. The summed E-state index contributed by atoms with van der Waals surface area (Å²) in [4.78, 5) is 20.9. The molecule has 1 unspecified atom stereocenters. The summed E-state index contributed by atoms with van der Waals surface area (Å²) < 4.78 is 0. The molecule has 4 heteroatoms. The number of fused-ring (bicyclic) bond motifs is 1. The number of aromatic nitrogens is 1. The monoisotopic (exact) mass is 299 g/mol. The molecular formula is C18H25N3O. The van der Waals surface area contributed by atoms with Gasteiger partial charge in [-0.3, -0.25) is 9.78 Å². The molecule has 1 aromatic heterocycles. The molecular weight excluding hydrogens is 274 g/mol. The largest absolute Gasteiger partial charge is 0.354 e. The van der Waals surface area contributed by atoms with Crippen molar-refractivity contribution >= 4 is 17.3 Å². The third-order valence-electron chi connectivity index (χ3n) is 3.85. The molecule has 0 fully saturated rings. The molecule has 0 N–H and O–H groups in total. The number of hydrogen-bond donors (Lipinski definition) is 0. The van der Waals surface area contributed by atoms with E-state index in [4.69, 9.17) is 0 Å². The van der Waals surface area contributed by atoms with Gasteiger partial charge in [0.05, 0.1) is 17.6 Å². The van der Waals surface area contributed by atoms with Crippen molar-refractivity contribution < 1.29 is 4.79 Å². The summed E-state index contributed by atoms with van der Waals surface area (Å²) >= 11 is 0. The maximum absolute atomic E-state index is 12.8. The normalized spacial score (nSPS) is 17.1. The van der Waals surface area contributed by atoms with Gasteiger partial charge in [-0.15, -0.1) is 0 Å². The molecule has 0 saturated carbocycles. The molecule has 1 aliphatic rings. The van der Waals surface area contributed by atoms with Crippen molar-refractivity contribution in [1.29, 1.82) is 0 Å². The molecule has 22 heavy (non-hydrogen) atoms. The Labute approximate surface area is 133 Å². The van der Waals surface area contributed by atoms with Crippen LogP contribution in [0.4, 0.5) is 11.4 Å². The molecule has 0 aromatic carbocycles. The average molecular weight is 299 g/mol. The molecule has 2 rings (SSSR count). The Morgan fingerprint density at radius 2 is 1.77 bits per heavy atom. The molecule has 1 aliphatic heterocycles. The van der Waals surface area contributed by atoms with E-state index in [1.165, 1.54) is 11.1 Å². The van der Waals surface area contributed by atoms with Gasteiger partial charge in [-0.05, 0) is 40.7 Å². The van der Waals surface area contributed by atoms with E-state index in [-0.39, 0.29) is 11.9 Å². The lowest BCUT2D eigenvalue weighted by atomic mass is 10.1. The molecule has 2 heterocycles. The van der Waals surface area contributed by atoms with Crippen LogP contribution in [0.1, 0.15) is 34.6 Å². The number of allylic oxidation sites excluding steroid dienone is 2. The number of anilines is 2. The van der Waals surface area contributed by atoms with Gasteiger partial charge < -0.3 is 9.80 Å². The minimum Gasteiger partial charge on any atom is -0.354 e. The standard InChI is InChI=1S/C18H25N3O/c1-13(2)7-10-20-15(5)18(22)21(11-8-14(3)4)17-12-19-9-6-16(17)20/h6-9,12,15H,10-11H2,1-5H3. The highest BCUT2D eigenvalue weighted by Gasteiger charge is 2.34. The predicted octanol–water partition coefficient (Wildman–Crippen LogP) is 3.56. The number of carbonyl (C=O) groups is 1. The van der Waals surface area contributed by atoms with Crippen molar-refractivity contribution in [3.8, 4) is 0 Å². The van der Waals surface area contributed by atoms with Crippen molar-refractivity contribution in [2.24, 2.45) is 0 Å². The third-order valence-corrected chi connectivity index (χ3v) is 3.85. The Kier molecular flexibility index (Phi) is 5.01. The van der Waals surface area contributed by atoms with Gasteiger partial charge in [0.2, 0.25) is 5.91 Å². The Bertz CT molecular complexity index is 611. The van der Waals surface area contributed by atoms with Crippen molar-refractivity contribution in [3.05, 3.63) is 41.8 Å². The highest BCUT2D eigenvalue weighted by atomic mass is 16.2. The summed E-state index contributed by atoms with van der Waals surface area (Å²) in [5.74, 6) is 0.125. The second-order valence-corrected chi connectivity index (χ2v) is 6.20. The minimum absolute atomic E-state index is 0.125. The number of carbonyl (C=O) groups excluding carboxylic acids is 1. The van der Waals surface area contributed by atoms with Crippen LogP contribution in [0.3, 0.4) is 0 Å². The van der Waals surface area contributed by atoms with Crippen molar-refractivity contribution in [2.45, 2.75) is 40.7 Å². The fourth-order valence-electron chi connectivity index (χ4n) is 2.52. The number of hydrogen-bond acceptors (Lipinski definition) is 3. The summed E-state index contributed by atoms with van der Waals surface area (Å²) in [6.07, 6.45) is 7.80. The highest BCUT2D eigenvalue weighted by Crippen LogP contribution is 2.35. The Morgan fingerprint density at radius 1 is 1.14 bits per heavy atom. The van der Waals surface area contributed by atoms with Crippen LogP contribution in [-0.2, 0) is 4.79 Å². The van der Waals surface area contributed by atoms with Gasteiger partial charge in [-0.25, -0.2) is 0 Å². The molecule has 1 amide bonds. The second kappa shape index (κ2) is 6.77. The van der Waals surface area contributed by atoms with Crippen molar-refractivity contribution in [1.82, 2.24) is 4.98 Å². The zero-order valence-corrected chi connectivity index (χ0v) is 14.1. The summed E-state index contributed by atoms with van der Waals surface area (Å²) in [5.41, 5.74) is 4.42. The molecule has 0 aliphatic carbocycles. The van der Waals surface area contributed by atoms with E-state index in [1.807, 2.05) is 31.7 Å². The van der Waals surface area contributed by atoms with E-state index in [0.717, 1.165) is 17.9 Å². The van der Waals surface area contributed by atoms with Gasteiger partial charge in [0, 0.05) is 19.3 Å². The fourth-order valence-corrected chi connectivity index (χ4v) is 2.52. The zero-order valence-electron chi connectivity index (χ0n) is 14.1. The van der Waals surface area contributed by atoms with Gasteiger partial charge in [0.15, 0.2) is 0 Å². The number of amides is 1. The molecule has 1 aromatic rings. The molecule has 0 saturated heterocycles. The average Bonchev–Trinajstić information content (AvgIpc) is 2.47. The molecule has 1 atom stereocenters. The van der Waals surface area contributed by atoms with Gasteiger partial charge in [0.25, 0.3) is 0 Å². The molecule has 4 nitrogen and oxygen atoms in total. The van der Waals surface area contributed by atoms with Gasteiger partial charge in [0.1, 0.15) is 6.04 Å². The number of rotatable bonds is 4. The van der Waals surface area contributed by atoms with Crippen LogP contribution in [0.5, 0.6) is 0 Å². The van der Waals surface area contributed by atoms with Crippen molar-refractivity contribution in [3.63, 3.8) is 0 Å². The van der Waals surface area contributed by atoms with E-state index >= 15 is 0 Å². The Hall–Kier alpha value is -2.10. The first kappa shape index (κ1) is 16.3. The van der Waals surface area contributed by atoms with Crippen LogP contribution >= 0.6 is 0 Å². The first-order valence-corrected chi connectivity index (χ1v) is 7.70. The summed E-state index contributed by atoms with van der Waals surface area (Å²) in [7, 11) is 0. The summed E-state index contributed by atoms with van der Waals surface area (Å²) in [6.45, 7) is 11.5. The van der Waals surface area contributed by atoms with Gasteiger partial charge in [-0.1, -0.05) is 23.3 Å². The lowest BCUT2D eigenvalue weighted by Gasteiger charge is -2.40. The highest BCUT2D eigenvalue weighted by molar-refractivity contribution is 6.05. The fraction of sp³-hybridized carbons (Fsp3) is 0.444. The minimum atomic E-state index is -0.170. The van der Waals surface area contributed by atoms with E-state index in [1.54, 1.807) is 12.4 Å². The zero-order chi connectivity index (χ0) is 16.3. The molecule has 0 bridgehead atoms. The maximum atomic E-state index is 12.8. The topological polar surface area (TPSA) is 36.4 Å². The van der Waals surface area contributed by atoms with E-state index < -0.39 is 0 Å². The molecule has 0 radical (unpaired) electrons. The van der Waals surface area contributed by atoms with Gasteiger partial charge in [-0.2, -0.15) is 0 Å². The third kappa shape index (κ3) is 3.38. The van der Waals surface area contributed by atoms with E-state index in [2.05, 4.69) is 35.9 Å². The van der Waals surface area contributed by atoms with E-state index in [0.29, 0.717) is 6.54 Å². The summed E-state index contributed by atoms with van der Waals surface area (Å²) in [6, 6.07) is 1.82. The lowest BCUT2D eigenvalue weighted by molar-refractivity contribution is -0.119.